The van der Waals surface area contributed by atoms with Crippen LogP contribution in [0, 0.1) is 0 Å². The van der Waals surface area contributed by atoms with Crippen molar-refractivity contribution < 1.29 is 27.8 Å². The number of aromatic nitrogens is 2. The maximum Gasteiger partial charge on any atom is 0.387 e. The molecule has 122 valence electrons. The molecule has 0 bridgehead atoms. The molecule has 1 N–H and O–H groups in total. The highest BCUT2D eigenvalue weighted by Gasteiger charge is 2.21. The minimum absolute atomic E-state index is 0.0214. The normalized spacial score (nSPS) is 10.5. The monoisotopic (exact) mass is 325 g/mol. The fourth-order valence-corrected chi connectivity index (χ4v) is 1.91. The number of aryl methyl sites for hydroxylation is 1. The van der Waals surface area contributed by atoms with Crippen LogP contribution in [-0.4, -0.2) is 35.4 Å². The Morgan fingerprint density at radius 3 is 2.65 bits per heavy atom. The van der Waals surface area contributed by atoms with Crippen molar-refractivity contribution in [2.45, 2.75) is 6.61 Å². The minimum atomic E-state index is -3.06. The van der Waals surface area contributed by atoms with Crippen LogP contribution in [0.1, 0.15) is 20.8 Å². The van der Waals surface area contributed by atoms with Gasteiger partial charge in [-0.1, -0.05) is 12.1 Å². The third-order valence-electron chi connectivity index (χ3n) is 2.91. The summed E-state index contributed by atoms with van der Waals surface area (Å²) in [7, 11) is 2.68. The van der Waals surface area contributed by atoms with Crippen molar-refractivity contribution in [1.29, 1.82) is 0 Å². The topological polar surface area (TPSA) is 82.4 Å². The first-order chi connectivity index (χ1) is 10.9. The molecule has 0 fully saturated rings. The number of para-hydroxylation sites is 1. The van der Waals surface area contributed by atoms with Crippen LogP contribution < -0.4 is 10.1 Å². The zero-order valence-electron chi connectivity index (χ0n) is 12.2. The van der Waals surface area contributed by atoms with Gasteiger partial charge in [-0.15, -0.1) is 0 Å². The largest absolute Gasteiger partial charge is 0.464 e. The van der Waals surface area contributed by atoms with Crippen molar-refractivity contribution in [3.05, 3.63) is 41.7 Å². The van der Waals surface area contributed by atoms with Gasteiger partial charge in [0.2, 0.25) is 0 Å². The highest BCUT2D eigenvalue weighted by atomic mass is 19.3. The summed E-state index contributed by atoms with van der Waals surface area (Å²) in [6.45, 7) is -3.06. The van der Waals surface area contributed by atoms with Crippen molar-refractivity contribution in [3.63, 3.8) is 0 Å². The molecule has 1 aromatic carbocycles. The predicted molar refractivity (Wildman–Crippen MR) is 75.6 cm³/mol. The molecule has 2 aromatic rings. The molecular formula is C14H13F2N3O4. The number of hydrogen-bond acceptors (Lipinski definition) is 5. The summed E-state index contributed by atoms with van der Waals surface area (Å²) in [5, 5.41) is 6.28. The van der Waals surface area contributed by atoms with Gasteiger partial charge in [0.1, 0.15) is 5.75 Å². The van der Waals surface area contributed by atoms with Crippen LogP contribution in [0.4, 0.5) is 14.5 Å². The van der Waals surface area contributed by atoms with Gasteiger partial charge in [0.25, 0.3) is 5.91 Å². The molecule has 1 aromatic heterocycles. The quantitative estimate of drug-likeness (QED) is 0.851. The van der Waals surface area contributed by atoms with E-state index in [-0.39, 0.29) is 22.7 Å². The number of alkyl halides is 2. The van der Waals surface area contributed by atoms with E-state index in [1.54, 1.807) is 0 Å². The van der Waals surface area contributed by atoms with E-state index in [0.29, 0.717) is 0 Å². The lowest BCUT2D eigenvalue weighted by Gasteiger charge is -2.11. The number of nitrogens with zero attached hydrogens (tertiary/aromatic N) is 2. The molecular weight excluding hydrogens is 312 g/mol. The lowest BCUT2D eigenvalue weighted by molar-refractivity contribution is -0.0501. The van der Waals surface area contributed by atoms with E-state index >= 15 is 0 Å². The zero-order valence-corrected chi connectivity index (χ0v) is 12.2. The molecule has 0 atom stereocenters. The van der Waals surface area contributed by atoms with Crippen LogP contribution in [0.15, 0.2) is 30.5 Å². The Kier molecular flexibility index (Phi) is 4.89. The third kappa shape index (κ3) is 3.62. The molecule has 1 heterocycles. The number of hydrogen-bond donors (Lipinski definition) is 1. The molecule has 0 unspecified atom stereocenters. The fourth-order valence-electron chi connectivity index (χ4n) is 1.91. The minimum Gasteiger partial charge on any atom is -0.464 e. The number of amides is 1. The second-order valence-electron chi connectivity index (χ2n) is 4.35. The van der Waals surface area contributed by atoms with Crippen molar-refractivity contribution in [2.24, 2.45) is 7.05 Å². The van der Waals surface area contributed by atoms with E-state index in [4.69, 9.17) is 0 Å². The van der Waals surface area contributed by atoms with Gasteiger partial charge in [-0.2, -0.15) is 13.9 Å². The Labute approximate surface area is 129 Å². The van der Waals surface area contributed by atoms with Crippen molar-refractivity contribution in [2.75, 3.05) is 12.4 Å². The molecule has 0 aliphatic heterocycles. The highest BCUT2D eigenvalue weighted by Crippen LogP contribution is 2.23. The number of rotatable bonds is 5. The summed E-state index contributed by atoms with van der Waals surface area (Å²) in [5.74, 6) is -1.69. The van der Waals surface area contributed by atoms with E-state index in [9.17, 15) is 18.4 Å². The van der Waals surface area contributed by atoms with Gasteiger partial charge >= 0.3 is 12.6 Å². The average molecular weight is 325 g/mol. The first kappa shape index (κ1) is 16.4. The van der Waals surface area contributed by atoms with E-state index < -0.39 is 18.5 Å². The molecule has 1 amide bonds. The van der Waals surface area contributed by atoms with Crippen LogP contribution in [0.5, 0.6) is 5.75 Å². The van der Waals surface area contributed by atoms with Crippen LogP contribution >= 0.6 is 0 Å². The van der Waals surface area contributed by atoms with Gasteiger partial charge in [0, 0.05) is 7.05 Å². The number of methoxy groups -OCH3 is 1. The van der Waals surface area contributed by atoms with Gasteiger partial charge < -0.3 is 14.8 Å². The second kappa shape index (κ2) is 6.86. The Balaban J connectivity index is 2.29. The third-order valence-corrected chi connectivity index (χ3v) is 2.91. The number of anilines is 1. The predicted octanol–water partition coefficient (Wildman–Crippen LogP) is 2.06. The molecule has 0 saturated carbocycles. The Bertz CT molecular complexity index is 731. The first-order valence-electron chi connectivity index (χ1n) is 6.39. The van der Waals surface area contributed by atoms with Gasteiger partial charge in [-0.3, -0.25) is 9.48 Å². The highest BCUT2D eigenvalue weighted by molar-refractivity contribution is 6.08. The molecule has 0 saturated heterocycles. The molecule has 0 radical (unpaired) electrons. The maximum atomic E-state index is 12.4. The van der Waals surface area contributed by atoms with E-state index in [2.05, 4.69) is 19.9 Å². The molecule has 0 aliphatic rings. The lowest BCUT2D eigenvalue weighted by atomic mass is 10.2. The molecule has 2 rings (SSSR count). The number of carbonyl (C=O) groups is 2. The number of carbonyl (C=O) groups excluding carboxylic acids is 2. The number of esters is 1. The van der Waals surface area contributed by atoms with Gasteiger partial charge in [-0.05, 0) is 12.1 Å². The molecule has 0 spiro atoms. The molecule has 7 nitrogen and oxygen atoms in total. The number of ether oxygens (including phenoxy) is 2. The fraction of sp³-hybridized carbons (Fsp3) is 0.214. The van der Waals surface area contributed by atoms with Gasteiger partial charge in [0.15, 0.2) is 5.69 Å². The van der Waals surface area contributed by atoms with E-state index in [0.717, 1.165) is 0 Å². The van der Waals surface area contributed by atoms with Gasteiger partial charge in [-0.25, -0.2) is 4.79 Å². The van der Waals surface area contributed by atoms with Crippen molar-refractivity contribution in [1.82, 2.24) is 9.78 Å². The van der Waals surface area contributed by atoms with Crippen LogP contribution in [0.2, 0.25) is 0 Å². The van der Waals surface area contributed by atoms with E-state index in [1.807, 2.05) is 0 Å². The Morgan fingerprint density at radius 1 is 1.30 bits per heavy atom. The summed E-state index contributed by atoms with van der Waals surface area (Å²) >= 11 is 0. The smallest absolute Gasteiger partial charge is 0.387 e. The average Bonchev–Trinajstić information content (AvgIpc) is 2.87. The standard InChI is InChI=1S/C14H13F2N3O4/c1-19-11(13(21)22-2)9(7-17-19)18-12(20)8-5-3-4-6-10(8)23-14(15)16/h3-7,14H,1-2H3,(H,18,20). The maximum absolute atomic E-state index is 12.4. The second-order valence-corrected chi connectivity index (χ2v) is 4.35. The molecule has 9 heteroatoms. The van der Waals surface area contributed by atoms with Crippen LogP contribution in [0.25, 0.3) is 0 Å². The van der Waals surface area contributed by atoms with Gasteiger partial charge in [0.05, 0.1) is 24.6 Å². The SMILES string of the molecule is COC(=O)c1c(NC(=O)c2ccccc2OC(F)F)cnn1C. The zero-order chi connectivity index (χ0) is 17.0. The molecule has 0 aliphatic carbocycles. The lowest BCUT2D eigenvalue weighted by Crippen LogP contribution is -2.17. The Morgan fingerprint density at radius 2 is 2.00 bits per heavy atom. The first-order valence-corrected chi connectivity index (χ1v) is 6.39. The van der Waals surface area contributed by atoms with Crippen molar-refractivity contribution >= 4 is 17.6 Å². The molecule has 23 heavy (non-hydrogen) atoms. The van der Waals surface area contributed by atoms with Crippen LogP contribution in [-0.2, 0) is 11.8 Å². The summed E-state index contributed by atoms with van der Waals surface area (Å²) in [6.07, 6.45) is 1.25. The number of benzene rings is 1. The summed E-state index contributed by atoms with van der Waals surface area (Å²) in [5.41, 5.74) is 0.0109. The Hall–Kier alpha value is -2.97. The summed E-state index contributed by atoms with van der Waals surface area (Å²) in [6, 6.07) is 5.52. The number of halogens is 2. The van der Waals surface area contributed by atoms with Crippen LogP contribution in [0.3, 0.4) is 0 Å². The van der Waals surface area contributed by atoms with E-state index in [1.165, 1.54) is 49.3 Å². The van der Waals surface area contributed by atoms with Crippen molar-refractivity contribution in [3.8, 4) is 5.75 Å². The summed E-state index contributed by atoms with van der Waals surface area (Å²) in [4.78, 5) is 24.0. The number of nitrogens with one attached hydrogen (secondary N) is 1. The summed E-state index contributed by atoms with van der Waals surface area (Å²) < 4.78 is 34.9.